The van der Waals surface area contributed by atoms with Crippen molar-refractivity contribution >= 4 is 11.5 Å². The van der Waals surface area contributed by atoms with Crippen LogP contribution in [0.25, 0.3) is 0 Å². The molecule has 0 aromatic carbocycles. The van der Waals surface area contributed by atoms with Crippen molar-refractivity contribution in [3.05, 3.63) is 17.8 Å². The van der Waals surface area contributed by atoms with Crippen LogP contribution in [0.1, 0.15) is 18.4 Å². The van der Waals surface area contributed by atoms with Crippen molar-refractivity contribution in [2.24, 2.45) is 0 Å². The van der Waals surface area contributed by atoms with Crippen molar-refractivity contribution in [2.45, 2.75) is 25.8 Å². The van der Waals surface area contributed by atoms with Gasteiger partial charge >= 0.3 is 0 Å². The molecular weight excluding hydrogens is 212 g/mol. The van der Waals surface area contributed by atoms with Gasteiger partial charge in [0.2, 0.25) is 0 Å². The molecule has 4 heteroatoms. The van der Waals surface area contributed by atoms with E-state index in [4.69, 9.17) is 5.73 Å². The van der Waals surface area contributed by atoms with E-state index in [9.17, 15) is 0 Å². The third kappa shape index (κ3) is 2.52. The van der Waals surface area contributed by atoms with Gasteiger partial charge in [0.15, 0.2) is 5.82 Å². The highest BCUT2D eigenvalue weighted by Gasteiger charge is 2.22. The van der Waals surface area contributed by atoms with Gasteiger partial charge in [-0.2, -0.15) is 0 Å². The van der Waals surface area contributed by atoms with Gasteiger partial charge in [0.25, 0.3) is 0 Å². The Morgan fingerprint density at radius 3 is 2.59 bits per heavy atom. The Balaban J connectivity index is 2.08. The molecule has 0 atom stereocenters. The summed E-state index contributed by atoms with van der Waals surface area (Å²) in [5.41, 5.74) is 8.04. The number of rotatable bonds is 2. The zero-order valence-electron chi connectivity index (χ0n) is 11.0. The average molecular weight is 234 g/mol. The first kappa shape index (κ1) is 12.2. The van der Waals surface area contributed by atoms with E-state index in [-0.39, 0.29) is 0 Å². The van der Waals surface area contributed by atoms with Crippen LogP contribution in [0, 0.1) is 6.92 Å². The maximum atomic E-state index is 6.09. The van der Waals surface area contributed by atoms with Gasteiger partial charge in [-0.05, 0) is 45.5 Å². The van der Waals surface area contributed by atoms with E-state index >= 15 is 0 Å². The largest absolute Gasteiger partial charge is 0.396 e. The van der Waals surface area contributed by atoms with Gasteiger partial charge in [0, 0.05) is 25.3 Å². The highest BCUT2D eigenvalue weighted by atomic mass is 15.2. The molecule has 0 saturated carbocycles. The summed E-state index contributed by atoms with van der Waals surface area (Å²) in [4.78, 5) is 9.04. The molecule has 2 N–H and O–H groups in total. The monoisotopic (exact) mass is 234 g/mol. The molecule has 17 heavy (non-hydrogen) atoms. The molecule has 0 radical (unpaired) electrons. The number of pyridine rings is 1. The minimum atomic E-state index is 0.692. The molecule has 0 aliphatic carbocycles. The molecule has 2 heterocycles. The number of hydrogen-bond donors (Lipinski definition) is 1. The molecule has 94 valence electrons. The van der Waals surface area contributed by atoms with Crippen LogP contribution in [-0.4, -0.2) is 43.1 Å². The third-order valence-electron chi connectivity index (χ3n) is 3.68. The van der Waals surface area contributed by atoms with Crippen molar-refractivity contribution < 1.29 is 0 Å². The number of nitrogens with zero attached hydrogens (tertiary/aromatic N) is 3. The lowest BCUT2D eigenvalue weighted by molar-refractivity contribution is 0.249. The van der Waals surface area contributed by atoms with E-state index in [1.54, 1.807) is 0 Å². The Hall–Kier alpha value is -1.29. The van der Waals surface area contributed by atoms with Crippen LogP contribution in [0.3, 0.4) is 0 Å². The summed E-state index contributed by atoms with van der Waals surface area (Å²) >= 11 is 0. The summed E-state index contributed by atoms with van der Waals surface area (Å²) in [5.74, 6) is 0.960. The van der Waals surface area contributed by atoms with Crippen molar-refractivity contribution in [1.82, 2.24) is 9.88 Å². The average Bonchev–Trinajstić information content (AvgIpc) is 2.33. The van der Waals surface area contributed by atoms with Gasteiger partial charge in [-0.15, -0.1) is 0 Å². The van der Waals surface area contributed by atoms with Crippen molar-refractivity contribution in [3.8, 4) is 0 Å². The highest BCUT2D eigenvalue weighted by Crippen LogP contribution is 2.26. The standard InChI is InChI=1S/C13H22N4/c1-10-4-7-15-13(12(10)14)17-8-5-11(6-9-17)16(2)3/h4,7,11H,5-6,8-9,14H2,1-3H3. The predicted molar refractivity (Wildman–Crippen MR) is 72.3 cm³/mol. The first-order chi connectivity index (χ1) is 8.09. The Morgan fingerprint density at radius 2 is 2.00 bits per heavy atom. The van der Waals surface area contributed by atoms with Gasteiger partial charge in [-0.3, -0.25) is 0 Å². The Labute approximate surface area is 103 Å². The van der Waals surface area contributed by atoms with Gasteiger partial charge in [0.05, 0.1) is 5.69 Å². The van der Waals surface area contributed by atoms with E-state index in [0.717, 1.165) is 30.2 Å². The molecule has 0 bridgehead atoms. The number of aromatic nitrogens is 1. The lowest BCUT2D eigenvalue weighted by Crippen LogP contribution is -2.42. The van der Waals surface area contributed by atoms with Crippen LogP contribution in [0.5, 0.6) is 0 Å². The number of aryl methyl sites for hydroxylation is 1. The molecule has 1 aliphatic rings. The topological polar surface area (TPSA) is 45.4 Å². The second-order valence-corrected chi connectivity index (χ2v) is 5.05. The van der Waals surface area contributed by atoms with E-state index in [1.807, 2.05) is 19.2 Å². The zero-order valence-corrected chi connectivity index (χ0v) is 11.0. The molecule has 0 unspecified atom stereocenters. The van der Waals surface area contributed by atoms with Crippen LogP contribution in [0.4, 0.5) is 11.5 Å². The number of hydrogen-bond acceptors (Lipinski definition) is 4. The van der Waals surface area contributed by atoms with Crippen molar-refractivity contribution in [1.29, 1.82) is 0 Å². The second kappa shape index (κ2) is 4.92. The van der Waals surface area contributed by atoms with Crippen molar-refractivity contribution in [3.63, 3.8) is 0 Å². The molecule has 0 amide bonds. The van der Waals surface area contributed by atoms with E-state index in [2.05, 4.69) is 28.9 Å². The minimum Gasteiger partial charge on any atom is -0.396 e. The Morgan fingerprint density at radius 1 is 1.35 bits per heavy atom. The molecule has 1 fully saturated rings. The van der Waals surface area contributed by atoms with E-state index in [0.29, 0.717) is 6.04 Å². The lowest BCUT2D eigenvalue weighted by atomic mass is 10.0. The summed E-state index contributed by atoms with van der Waals surface area (Å²) in [5, 5.41) is 0. The fourth-order valence-electron chi connectivity index (χ4n) is 2.40. The SMILES string of the molecule is Cc1ccnc(N2CCC(N(C)C)CC2)c1N. The summed E-state index contributed by atoms with van der Waals surface area (Å²) < 4.78 is 0. The molecular formula is C13H22N4. The number of nitrogens with two attached hydrogens (primary N) is 1. The van der Waals surface area contributed by atoms with Crippen LogP contribution in [0.2, 0.25) is 0 Å². The number of piperidine rings is 1. The summed E-state index contributed by atoms with van der Waals surface area (Å²) in [6.07, 6.45) is 4.21. The van der Waals surface area contributed by atoms with Gasteiger partial charge in [0.1, 0.15) is 0 Å². The normalized spacial score (nSPS) is 17.8. The van der Waals surface area contributed by atoms with E-state index < -0.39 is 0 Å². The van der Waals surface area contributed by atoms with Gasteiger partial charge in [-0.25, -0.2) is 4.98 Å². The molecule has 1 saturated heterocycles. The van der Waals surface area contributed by atoms with Crippen molar-refractivity contribution in [2.75, 3.05) is 37.8 Å². The first-order valence-corrected chi connectivity index (χ1v) is 6.22. The smallest absolute Gasteiger partial charge is 0.152 e. The highest BCUT2D eigenvalue weighted by molar-refractivity contribution is 5.66. The molecule has 1 aromatic rings. The first-order valence-electron chi connectivity index (χ1n) is 6.22. The minimum absolute atomic E-state index is 0.692. The molecule has 1 aromatic heterocycles. The predicted octanol–water partition coefficient (Wildman–Crippen LogP) is 1.50. The molecule has 0 spiro atoms. The van der Waals surface area contributed by atoms with Crippen LogP contribution >= 0.6 is 0 Å². The molecule has 4 nitrogen and oxygen atoms in total. The van der Waals surface area contributed by atoms with Crippen LogP contribution < -0.4 is 10.6 Å². The number of anilines is 2. The maximum absolute atomic E-state index is 6.09. The van der Waals surface area contributed by atoms with Crippen LogP contribution in [0.15, 0.2) is 12.3 Å². The fraction of sp³-hybridized carbons (Fsp3) is 0.615. The quantitative estimate of drug-likeness (QED) is 0.842. The zero-order chi connectivity index (χ0) is 12.4. The second-order valence-electron chi connectivity index (χ2n) is 5.05. The summed E-state index contributed by atoms with van der Waals surface area (Å²) in [7, 11) is 4.30. The summed E-state index contributed by atoms with van der Waals surface area (Å²) in [6.45, 7) is 4.13. The molecule has 2 rings (SSSR count). The van der Waals surface area contributed by atoms with Crippen LogP contribution in [-0.2, 0) is 0 Å². The third-order valence-corrected chi connectivity index (χ3v) is 3.68. The van der Waals surface area contributed by atoms with Gasteiger partial charge < -0.3 is 15.5 Å². The lowest BCUT2D eigenvalue weighted by Gasteiger charge is -2.36. The fourth-order valence-corrected chi connectivity index (χ4v) is 2.40. The molecule has 1 aliphatic heterocycles. The number of nitrogen functional groups attached to an aromatic ring is 1. The van der Waals surface area contributed by atoms with E-state index in [1.165, 1.54) is 12.8 Å². The Kier molecular flexibility index (Phi) is 3.52. The summed E-state index contributed by atoms with van der Waals surface area (Å²) in [6, 6.07) is 2.66. The maximum Gasteiger partial charge on any atom is 0.152 e. The Bertz CT molecular complexity index is 381. The van der Waals surface area contributed by atoms with Gasteiger partial charge in [-0.1, -0.05) is 0 Å².